The third kappa shape index (κ3) is 3.50. The molecule has 1 aromatic carbocycles. The van der Waals surface area contributed by atoms with Crippen LogP contribution in [0, 0.1) is 0 Å². The van der Waals surface area contributed by atoms with E-state index in [1.807, 2.05) is 30.0 Å². The molecule has 1 fully saturated rings. The zero-order chi connectivity index (χ0) is 16.4. The molecule has 0 radical (unpaired) electrons. The van der Waals surface area contributed by atoms with Crippen LogP contribution in [0.25, 0.3) is 0 Å². The Balaban J connectivity index is 1.68. The number of piperazine rings is 1. The number of benzene rings is 1. The van der Waals surface area contributed by atoms with Crippen molar-refractivity contribution in [2.24, 2.45) is 0 Å². The number of hydrogen-bond acceptors (Lipinski definition) is 4. The zero-order valence-corrected chi connectivity index (χ0v) is 14.6. The van der Waals surface area contributed by atoms with Crippen LogP contribution < -0.4 is 15.0 Å². The molecule has 7 heteroatoms. The van der Waals surface area contributed by atoms with E-state index < -0.39 is 0 Å². The first-order valence-electron chi connectivity index (χ1n) is 7.79. The Morgan fingerprint density at radius 2 is 2.30 bits per heavy atom. The van der Waals surface area contributed by atoms with Gasteiger partial charge in [0.1, 0.15) is 5.75 Å². The molecule has 3 rings (SSSR count). The Hall–Kier alpha value is -1.60. The van der Waals surface area contributed by atoms with Gasteiger partial charge in [-0.15, -0.1) is 0 Å². The second-order valence-corrected chi connectivity index (χ2v) is 6.75. The highest BCUT2D eigenvalue weighted by Gasteiger charge is 2.28. The van der Waals surface area contributed by atoms with E-state index in [-0.39, 0.29) is 24.5 Å². The van der Waals surface area contributed by atoms with Crippen LogP contribution in [0.1, 0.15) is 13.3 Å². The van der Waals surface area contributed by atoms with Gasteiger partial charge in [-0.25, -0.2) is 0 Å². The molecule has 23 heavy (non-hydrogen) atoms. The number of halogens is 1. The summed E-state index contributed by atoms with van der Waals surface area (Å²) in [6.07, 6.45) is 0.325. The lowest BCUT2D eigenvalue weighted by Gasteiger charge is -2.35. The third-order valence-corrected chi connectivity index (χ3v) is 4.73. The Kier molecular flexibility index (Phi) is 4.87. The molecule has 2 heterocycles. The van der Waals surface area contributed by atoms with Gasteiger partial charge in [0.2, 0.25) is 5.91 Å². The highest BCUT2D eigenvalue weighted by molar-refractivity contribution is 9.10. The summed E-state index contributed by atoms with van der Waals surface area (Å²) in [6.45, 7) is 4.80. The molecule has 1 N–H and O–H groups in total. The van der Waals surface area contributed by atoms with Gasteiger partial charge in [-0.3, -0.25) is 9.59 Å². The third-order valence-electron chi connectivity index (χ3n) is 4.24. The summed E-state index contributed by atoms with van der Waals surface area (Å²) in [5, 5.41) is 3.27. The first kappa shape index (κ1) is 16.3. The highest BCUT2D eigenvalue weighted by atomic mass is 79.9. The minimum absolute atomic E-state index is 0.0156. The summed E-state index contributed by atoms with van der Waals surface area (Å²) in [7, 11) is 0. The fraction of sp³-hybridized carbons (Fsp3) is 0.500. The second-order valence-electron chi connectivity index (χ2n) is 5.84. The normalized spacial score (nSPS) is 21.0. The van der Waals surface area contributed by atoms with E-state index in [4.69, 9.17) is 4.74 Å². The highest BCUT2D eigenvalue weighted by Crippen LogP contribution is 2.34. The largest absolute Gasteiger partial charge is 0.482 e. The fourth-order valence-electron chi connectivity index (χ4n) is 2.99. The van der Waals surface area contributed by atoms with Crippen molar-refractivity contribution in [1.82, 2.24) is 10.2 Å². The van der Waals surface area contributed by atoms with Gasteiger partial charge >= 0.3 is 0 Å². The van der Waals surface area contributed by atoms with Gasteiger partial charge in [0.05, 0.1) is 5.69 Å². The lowest BCUT2D eigenvalue weighted by atomic mass is 10.2. The predicted molar refractivity (Wildman–Crippen MR) is 90.7 cm³/mol. The fourth-order valence-corrected chi connectivity index (χ4v) is 3.33. The first-order chi connectivity index (χ1) is 11.1. The predicted octanol–water partition coefficient (Wildman–Crippen LogP) is 1.38. The molecule has 0 aromatic heterocycles. The Morgan fingerprint density at radius 1 is 1.48 bits per heavy atom. The van der Waals surface area contributed by atoms with Crippen LogP contribution in [-0.4, -0.2) is 55.5 Å². The van der Waals surface area contributed by atoms with Crippen LogP contribution >= 0.6 is 15.9 Å². The summed E-state index contributed by atoms with van der Waals surface area (Å²) in [4.78, 5) is 28.1. The molecule has 2 amide bonds. The van der Waals surface area contributed by atoms with Gasteiger partial charge in [-0.2, -0.15) is 0 Å². The van der Waals surface area contributed by atoms with Crippen LogP contribution in [0.3, 0.4) is 0 Å². The average Bonchev–Trinajstić information content (AvgIpc) is 2.54. The molecule has 0 spiro atoms. The maximum Gasteiger partial charge on any atom is 0.265 e. The number of hydrogen-bond donors (Lipinski definition) is 1. The van der Waals surface area contributed by atoms with E-state index in [1.165, 1.54) is 0 Å². The lowest BCUT2D eigenvalue weighted by Crippen LogP contribution is -2.53. The van der Waals surface area contributed by atoms with Gasteiger partial charge in [-0.05, 0) is 25.1 Å². The van der Waals surface area contributed by atoms with Gasteiger partial charge in [0.15, 0.2) is 6.61 Å². The second kappa shape index (κ2) is 6.88. The molecule has 1 atom stereocenters. The molecule has 0 bridgehead atoms. The van der Waals surface area contributed by atoms with E-state index in [1.54, 1.807) is 4.90 Å². The minimum atomic E-state index is -0.110. The number of fused-ring (bicyclic) bond motifs is 1. The molecule has 0 unspecified atom stereocenters. The topological polar surface area (TPSA) is 61.9 Å². The van der Waals surface area contributed by atoms with Crippen LogP contribution in [0.5, 0.6) is 5.75 Å². The number of amides is 2. The van der Waals surface area contributed by atoms with Crippen molar-refractivity contribution in [1.29, 1.82) is 0 Å². The average molecular weight is 382 g/mol. The SMILES string of the molecule is C[C@@H]1CNCCN1C(=O)CCN1C(=O)COc2cc(Br)ccc21. The Bertz CT molecular complexity index is 623. The number of nitrogens with zero attached hydrogens (tertiary/aromatic N) is 2. The maximum atomic E-state index is 12.4. The molecule has 124 valence electrons. The molecular formula is C16H20BrN3O3. The molecule has 1 aromatic rings. The Morgan fingerprint density at radius 3 is 3.09 bits per heavy atom. The number of rotatable bonds is 3. The van der Waals surface area contributed by atoms with Gasteiger partial charge in [-0.1, -0.05) is 15.9 Å². The maximum absolute atomic E-state index is 12.4. The van der Waals surface area contributed by atoms with Crippen molar-refractivity contribution in [3.05, 3.63) is 22.7 Å². The molecule has 0 aliphatic carbocycles. The number of carbonyl (C=O) groups excluding carboxylic acids is 2. The molecule has 1 saturated heterocycles. The van der Waals surface area contributed by atoms with Crippen molar-refractivity contribution < 1.29 is 14.3 Å². The monoisotopic (exact) mass is 381 g/mol. The smallest absolute Gasteiger partial charge is 0.265 e. The van der Waals surface area contributed by atoms with Crippen molar-refractivity contribution in [3.8, 4) is 5.75 Å². The van der Waals surface area contributed by atoms with E-state index >= 15 is 0 Å². The van der Waals surface area contributed by atoms with E-state index in [0.29, 0.717) is 18.7 Å². The van der Waals surface area contributed by atoms with Crippen molar-refractivity contribution >= 4 is 33.4 Å². The number of ether oxygens (including phenoxy) is 1. The molecule has 0 saturated carbocycles. The summed E-state index contributed by atoms with van der Waals surface area (Å²) in [5.74, 6) is 0.653. The molecular weight excluding hydrogens is 362 g/mol. The van der Waals surface area contributed by atoms with Crippen LogP contribution in [0.4, 0.5) is 5.69 Å². The van der Waals surface area contributed by atoms with E-state index in [9.17, 15) is 9.59 Å². The minimum Gasteiger partial charge on any atom is -0.482 e. The summed E-state index contributed by atoms with van der Waals surface area (Å²) >= 11 is 3.40. The molecule has 2 aliphatic rings. The standard InChI is InChI=1S/C16H20BrN3O3/c1-11-9-18-5-7-19(11)15(21)4-6-20-13-3-2-12(17)8-14(13)23-10-16(20)22/h2-3,8,11,18H,4-7,9-10H2,1H3/t11-/m1/s1. The zero-order valence-electron chi connectivity index (χ0n) is 13.0. The van der Waals surface area contributed by atoms with E-state index in [2.05, 4.69) is 21.2 Å². The van der Waals surface area contributed by atoms with Crippen LogP contribution in [0.15, 0.2) is 22.7 Å². The number of nitrogens with one attached hydrogen (secondary N) is 1. The van der Waals surface area contributed by atoms with Gasteiger partial charge < -0.3 is 19.9 Å². The first-order valence-corrected chi connectivity index (χ1v) is 8.58. The van der Waals surface area contributed by atoms with Gasteiger partial charge in [0, 0.05) is 43.1 Å². The number of carbonyl (C=O) groups is 2. The number of anilines is 1. The van der Waals surface area contributed by atoms with Crippen LogP contribution in [-0.2, 0) is 9.59 Å². The summed E-state index contributed by atoms with van der Waals surface area (Å²) in [6, 6.07) is 5.75. The Labute approximate surface area is 143 Å². The quantitative estimate of drug-likeness (QED) is 0.858. The lowest BCUT2D eigenvalue weighted by molar-refractivity contribution is -0.133. The molecule has 6 nitrogen and oxygen atoms in total. The van der Waals surface area contributed by atoms with Crippen LogP contribution in [0.2, 0.25) is 0 Å². The van der Waals surface area contributed by atoms with Gasteiger partial charge in [0.25, 0.3) is 5.91 Å². The molecule has 2 aliphatic heterocycles. The summed E-state index contributed by atoms with van der Waals surface area (Å²) < 4.78 is 6.36. The van der Waals surface area contributed by atoms with Crippen molar-refractivity contribution in [2.75, 3.05) is 37.7 Å². The van der Waals surface area contributed by atoms with E-state index in [0.717, 1.165) is 29.8 Å². The van der Waals surface area contributed by atoms with Crippen molar-refractivity contribution in [2.45, 2.75) is 19.4 Å². The summed E-state index contributed by atoms with van der Waals surface area (Å²) in [5.41, 5.74) is 0.727. The van der Waals surface area contributed by atoms with Crippen molar-refractivity contribution in [3.63, 3.8) is 0 Å².